The molecular formula is C7H15N3O2. The van der Waals surface area contributed by atoms with E-state index in [2.05, 4.69) is 10.3 Å². The standard InChI is InChI=1S/C7H15N3O2/c1-9-7(8)10-5-3-2-4-6(11)12/h2-5H2,1H3,(H,11,12)(H3,8,9,10). The summed E-state index contributed by atoms with van der Waals surface area (Å²) < 4.78 is 0. The predicted molar refractivity (Wildman–Crippen MR) is 47.0 cm³/mol. The molecule has 0 aliphatic rings. The van der Waals surface area contributed by atoms with E-state index in [1.54, 1.807) is 7.05 Å². The van der Waals surface area contributed by atoms with E-state index in [4.69, 9.17) is 10.8 Å². The number of unbranched alkanes of at least 4 members (excludes halogenated alkanes) is 1. The van der Waals surface area contributed by atoms with Gasteiger partial charge in [0.25, 0.3) is 0 Å². The van der Waals surface area contributed by atoms with Crippen molar-refractivity contribution in [1.29, 1.82) is 0 Å². The molecule has 70 valence electrons. The van der Waals surface area contributed by atoms with Gasteiger partial charge in [-0.25, -0.2) is 0 Å². The molecule has 12 heavy (non-hydrogen) atoms. The third kappa shape index (κ3) is 6.85. The molecule has 0 aromatic carbocycles. The van der Waals surface area contributed by atoms with Crippen molar-refractivity contribution in [3.05, 3.63) is 0 Å². The number of aliphatic imine (C=N–C) groups is 1. The Labute approximate surface area is 71.7 Å². The third-order valence-electron chi connectivity index (χ3n) is 1.36. The van der Waals surface area contributed by atoms with Crippen molar-refractivity contribution in [3.63, 3.8) is 0 Å². The smallest absolute Gasteiger partial charge is 0.303 e. The first-order valence-corrected chi connectivity index (χ1v) is 3.84. The molecule has 0 fully saturated rings. The fourth-order valence-electron chi connectivity index (χ4n) is 0.697. The molecule has 5 heteroatoms. The van der Waals surface area contributed by atoms with Crippen LogP contribution in [-0.2, 0) is 4.79 Å². The van der Waals surface area contributed by atoms with Gasteiger partial charge in [0.05, 0.1) is 0 Å². The summed E-state index contributed by atoms with van der Waals surface area (Å²) in [6.45, 7) is 0.677. The molecule has 0 bridgehead atoms. The van der Waals surface area contributed by atoms with Crippen LogP contribution in [0.4, 0.5) is 0 Å². The van der Waals surface area contributed by atoms with Gasteiger partial charge in [-0.05, 0) is 12.8 Å². The number of guanidine groups is 1. The van der Waals surface area contributed by atoms with Crippen LogP contribution in [0.15, 0.2) is 4.99 Å². The Balaban J connectivity index is 3.16. The van der Waals surface area contributed by atoms with E-state index in [-0.39, 0.29) is 6.42 Å². The highest BCUT2D eigenvalue weighted by Crippen LogP contribution is 1.92. The zero-order valence-electron chi connectivity index (χ0n) is 7.21. The molecule has 0 heterocycles. The second-order valence-corrected chi connectivity index (χ2v) is 2.39. The molecule has 0 saturated carbocycles. The second-order valence-electron chi connectivity index (χ2n) is 2.39. The van der Waals surface area contributed by atoms with Crippen LogP contribution in [0.25, 0.3) is 0 Å². The van der Waals surface area contributed by atoms with Crippen molar-refractivity contribution in [3.8, 4) is 0 Å². The quantitative estimate of drug-likeness (QED) is 0.304. The first-order valence-electron chi connectivity index (χ1n) is 3.84. The van der Waals surface area contributed by atoms with Gasteiger partial charge in [0, 0.05) is 20.0 Å². The molecule has 4 N–H and O–H groups in total. The Morgan fingerprint density at radius 3 is 2.75 bits per heavy atom. The maximum atomic E-state index is 10.1. The zero-order chi connectivity index (χ0) is 9.40. The van der Waals surface area contributed by atoms with Crippen molar-refractivity contribution < 1.29 is 9.90 Å². The number of carboxylic acids is 1. The van der Waals surface area contributed by atoms with E-state index >= 15 is 0 Å². The van der Waals surface area contributed by atoms with Crippen LogP contribution >= 0.6 is 0 Å². The molecule has 0 spiro atoms. The zero-order valence-corrected chi connectivity index (χ0v) is 7.21. The lowest BCUT2D eigenvalue weighted by atomic mass is 10.2. The van der Waals surface area contributed by atoms with E-state index in [0.29, 0.717) is 18.9 Å². The maximum Gasteiger partial charge on any atom is 0.303 e. The summed E-state index contributed by atoms with van der Waals surface area (Å²) >= 11 is 0. The van der Waals surface area contributed by atoms with Crippen molar-refractivity contribution in [1.82, 2.24) is 5.32 Å². The van der Waals surface area contributed by atoms with Gasteiger partial charge in [-0.2, -0.15) is 0 Å². The Kier molecular flexibility index (Phi) is 5.77. The lowest BCUT2D eigenvalue weighted by Gasteiger charge is -2.02. The lowest BCUT2D eigenvalue weighted by molar-refractivity contribution is -0.137. The average molecular weight is 173 g/mol. The molecule has 0 atom stereocenters. The van der Waals surface area contributed by atoms with Gasteiger partial charge in [0.1, 0.15) is 0 Å². The first kappa shape index (κ1) is 10.7. The average Bonchev–Trinajstić information content (AvgIpc) is 2.03. The van der Waals surface area contributed by atoms with Crippen molar-refractivity contribution in [2.24, 2.45) is 10.7 Å². The number of hydrogen-bond donors (Lipinski definition) is 3. The SMILES string of the molecule is CN=C(N)NCCCCC(=O)O. The van der Waals surface area contributed by atoms with Crippen LogP contribution < -0.4 is 11.1 Å². The van der Waals surface area contributed by atoms with Gasteiger partial charge in [0.2, 0.25) is 0 Å². The topological polar surface area (TPSA) is 87.7 Å². The fourth-order valence-corrected chi connectivity index (χ4v) is 0.697. The number of nitrogens with zero attached hydrogens (tertiary/aromatic N) is 1. The summed E-state index contributed by atoms with van der Waals surface area (Å²) in [5.41, 5.74) is 5.34. The Morgan fingerprint density at radius 2 is 2.25 bits per heavy atom. The number of aliphatic carboxylic acids is 1. The lowest BCUT2D eigenvalue weighted by Crippen LogP contribution is -2.32. The summed E-state index contributed by atoms with van der Waals surface area (Å²) in [5, 5.41) is 11.1. The number of carbonyl (C=O) groups is 1. The Morgan fingerprint density at radius 1 is 1.58 bits per heavy atom. The summed E-state index contributed by atoms with van der Waals surface area (Å²) in [6, 6.07) is 0. The van der Waals surface area contributed by atoms with Gasteiger partial charge in [-0.15, -0.1) is 0 Å². The number of nitrogens with one attached hydrogen (secondary N) is 1. The minimum Gasteiger partial charge on any atom is -0.481 e. The van der Waals surface area contributed by atoms with Crippen LogP contribution in [0.2, 0.25) is 0 Å². The van der Waals surface area contributed by atoms with E-state index in [9.17, 15) is 4.79 Å². The highest BCUT2D eigenvalue weighted by molar-refractivity contribution is 5.77. The molecule has 0 saturated heterocycles. The van der Waals surface area contributed by atoms with Crippen molar-refractivity contribution in [2.75, 3.05) is 13.6 Å². The maximum absolute atomic E-state index is 10.1. The van der Waals surface area contributed by atoms with E-state index < -0.39 is 5.97 Å². The Bertz CT molecular complexity index is 168. The second kappa shape index (κ2) is 6.45. The molecule has 5 nitrogen and oxygen atoms in total. The van der Waals surface area contributed by atoms with E-state index in [1.165, 1.54) is 0 Å². The van der Waals surface area contributed by atoms with Gasteiger partial charge >= 0.3 is 5.97 Å². The molecule has 0 radical (unpaired) electrons. The summed E-state index contributed by atoms with van der Waals surface area (Å²) in [7, 11) is 1.60. The molecule has 0 rings (SSSR count). The molecule has 0 aliphatic heterocycles. The number of rotatable bonds is 5. The number of carboxylic acid groups (broad SMARTS) is 1. The first-order chi connectivity index (χ1) is 5.66. The molecule has 0 aliphatic carbocycles. The minimum atomic E-state index is -0.757. The third-order valence-corrected chi connectivity index (χ3v) is 1.36. The van der Waals surface area contributed by atoms with Crippen LogP contribution in [-0.4, -0.2) is 30.6 Å². The predicted octanol–water partition coefficient (Wildman–Crippen LogP) is -0.225. The minimum absolute atomic E-state index is 0.213. The molecule has 0 aromatic heterocycles. The van der Waals surface area contributed by atoms with Gasteiger partial charge in [-0.1, -0.05) is 0 Å². The fraction of sp³-hybridized carbons (Fsp3) is 0.714. The van der Waals surface area contributed by atoms with Crippen molar-refractivity contribution in [2.45, 2.75) is 19.3 Å². The monoisotopic (exact) mass is 173 g/mol. The number of hydrogen-bond acceptors (Lipinski definition) is 2. The summed E-state index contributed by atoms with van der Waals surface area (Å²) in [5.74, 6) is -0.363. The van der Waals surface area contributed by atoms with Crippen molar-refractivity contribution >= 4 is 11.9 Å². The van der Waals surface area contributed by atoms with E-state index in [1.807, 2.05) is 0 Å². The molecule has 0 unspecified atom stereocenters. The van der Waals surface area contributed by atoms with Gasteiger partial charge in [-0.3, -0.25) is 9.79 Å². The summed E-state index contributed by atoms with van der Waals surface area (Å²) in [6.07, 6.45) is 1.67. The highest BCUT2D eigenvalue weighted by atomic mass is 16.4. The molecule has 0 amide bonds. The Hall–Kier alpha value is -1.26. The van der Waals surface area contributed by atoms with Crippen LogP contribution in [0.1, 0.15) is 19.3 Å². The van der Waals surface area contributed by atoms with E-state index in [0.717, 1.165) is 6.42 Å². The van der Waals surface area contributed by atoms with Crippen LogP contribution in [0.3, 0.4) is 0 Å². The van der Waals surface area contributed by atoms with Crippen LogP contribution in [0, 0.1) is 0 Å². The normalized spacial score (nSPS) is 11.2. The highest BCUT2D eigenvalue weighted by Gasteiger charge is 1.95. The summed E-state index contributed by atoms with van der Waals surface area (Å²) in [4.78, 5) is 13.8. The molecular weight excluding hydrogens is 158 g/mol. The largest absolute Gasteiger partial charge is 0.481 e. The molecule has 0 aromatic rings. The van der Waals surface area contributed by atoms with Crippen LogP contribution in [0.5, 0.6) is 0 Å². The van der Waals surface area contributed by atoms with Gasteiger partial charge < -0.3 is 16.2 Å². The number of nitrogens with two attached hydrogens (primary N) is 1. The van der Waals surface area contributed by atoms with Gasteiger partial charge in [0.15, 0.2) is 5.96 Å².